The molecule has 18 heavy (non-hydrogen) atoms. The number of methoxy groups -OCH3 is 1. The van der Waals surface area contributed by atoms with Crippen molar-refractivity contribution in [3.05, 3.63) is 22.2 Å². The van der Waals surface area contributed by atoms with Crippen LogP contribution in [0.25, 0.3) is 0 Å². The highest BCUT2D eigenvalue weighted by molar-refractivity contribution is 9.10. The predicted octanol–water partition coefficient (Wildman–Crippen LogP) is 2.83. The van der Waals surface area contributed by atoms with Gasteiger partial charge in [0.15, 0.2) is 0 Å². The number of benzene rings is 1. The van der Waals surface area contributed by atoms with Gasteiger partial charge in [0.1, 0.15) is 5.75 Å². The predicted molar refractivity (Wildman–Crippen MR) is 77.5 cm³/mol. The van der Waals surface area contributed by atoms with Gasteiger partial charge >= 0.3 is 0 Å². The average molecular weight is 311 g/mol. The molecule has 2 atom stereocenters. The monoisotopic (exact) mass is 310 g/mol. The van der Waals surface area contributed by atoms with Gasteiger partial charge in [0, 0.05) is 23.5 Å². The largest absolute Gasteiger partial charge is 0.497 e. The van der Waals surface area contributed by atoms with E-state index in [2.05, 4.69) is 58.9 Å². The zero-order valence-electron chi connectivity index (χ0n) is 11.3. The molecule has 98 valence electrons. The molecule has 2 aliphatic heterocycles. The Labute approximate surface area is 117 Å². The van der Waals surface area contributed by atoms with Crippen LogP contribution in [0.2, 0.25) is 0 Å². The number of hydrogen-bond acceptors (Lipinski definition) is 3. The summed E-state index contributed by atoms with van der Waals surface area (Å²) in [6.07, 6.45) is 1.65. The highest BCUT2D eigenvalue weighted by atomic mass is 79.9. The molecule has 3 nitrogen and oxygen atoms in total. The Hall–Kier alpha value is -0.740. The summed E-state index contributed by atoms with van der Waals surface area (Å²) in [5, 5.41) is 0. The molecule has 0 aliphatic carbocycles. The van der Waals surface area contributed by atoms with Gasteiger partial charge in [-0.3, -0.25) is 4.90 Å². The Balaban J connectivity index is 2.22. The molecule has 1 aromatic carbocycles. The van der Waals surface area contributed by atoms with Gasteiger partial charge < -0.3 is 9.64 Å². The van der Waals surface area contributed by atoms with E-state index >= 15 is 0 Å². The Morgan fingerprint density at radius 3 is 2.78 bits per heavy atom. The third-order valence-electron chi connectivity index (χ3n) is 4.58. The van der Waals surface area contributed by atoms with E-state index in [1.165, 1.54) is 17.7 Å². The van der Waals surface area contributed by atoms with Crippen LogP contribution in [0.5, 0.6) is 5.75 Å². The summed E-state index contributed by atoms with van der Waals surface area (Å²) in [7, 11) is 6.13. The maximum atomic E-state index is 5.41. The van der Waals surface area contributed by atoms with Crippen molar-refractivity contribution in [1.82, 2.24) is 4.90 Å². The van der Waals surface area contributed by atoms with Crippen LogP contribution in [-0.4, -0.2) is 38.8 Å². The van der Waals surface area contributed by atoms with Gasteiger partial charge in [-0.25, -0.2) is 0 Å². The van der Waals surface area contributed by atoms with Gasteiger partial charge in [-0.15, -0.1) is 0 Å². The number of anilines is 1. The van der Waals surface area contributed by atoms with Gasteiger partial charge in [-0.1, -0.05) is 6.92 Å². The average Bonchev–Trinajstić information content (AvgIpc) is 2.75. The topological polar surface area (TPSA) is 15.7 Å². The smallest absolute Gasteiger partial charge is 0.120 e. The van der Waals surface area contributed by atoms with Crippen molar-refractivity contribution in [3.8, 4) is 5.75 Å². The van der Waals surface area contributed by atoms with Crippen LogP contribution >= 0.6 is 15.9 Å². The van der Waals surface area contributed by atoms with Crippen molar-refractivity contribution >= 4 is 21.6 Å². The summed E-state index contributed by atoms with van der Waals surface area (Å²) in [6, 6.07) is 4.26. The Bertz CT molecular complexity index is 505. The first-order valence-corrected chi connectivity index (χ1v) is 7.09. The van der Waals surface area contributed by atoms with E-state index in [1.807, 2.05) is 0 Å². The zero-order valence-corrected chi connectivity index (χ0v) is 12.9. The second-order valence-electron chi connectivity index (χ2n) is 5.64. The summed E-state index contributed by atoms with van der Waals surface area (Å²) < 4.78 is 6.54. The Morgan fingerprint density at radius 2 is 2.11 bits per heavy atom. The Morgan fingerprint density at radius 1 is 1.39 bits per heavy atom. The van der Waals surface area contributed by atoms with Crippen LogP contribution in [-0.2, 0) is 5.41 Å². The van der Waals surface area contributed by atoms with Crippen molar-refractivity contribution in [3.63, 3.8) is 0 Å². The molecule has 0 aromatic heterocycles. The third-order valence-corrected chi connectivity index (χ3v) is 5.18. The molecule has 1 saturated heterocycles. The quantitative estimate of drug-likeness (QED) is 0.793. The molecular weight excluding hydrogens is 292 g/mol. The van der Waals surface area contributed by atoms with E-state index in [0.717, 1.165) is 16.8 Å². The number of rotatable bonds is 1. The van der Waals surface area contributed by atoms with Crippen LogP contribution in [0, 0.1) is 0 Å². The van der Waals surface area contributed by atoms with Gasteiger partial charge in [0.25, 0.3) is 0 Å². The highest BCUT2D eigenvalue weighted by Gasteiger charge is 2.52. The van der Waals surface area contributed by atoms with Crippen molar-refractivity contribution in [2.45, 2.75) is 24.9 Å². The molecule has 0 saturated carbocycles. The zero-order chi connectivity index (χ0) is 13.1. The van der Waals surface area contributed by atoms with Gasteiger partial charge in [0.05, 0.1) is 19.0 Å². The van der Waals surface area contributed by atoms with Crippen LogP contribution in [0.4, 0.5) is 5.69 Å². The lowest BCUT2D eigenvalue weighted by Gasteiger charge is -2.32. The first kappa shape index (κ1) is 12.3. The SMILES string of the molecule is COc1cc(Br)c2c(c1)C1(C)CCN(C)C1N2C. The van der Waals surface area contributed by atoms with Crippen LogP contribution in [0.3, 0.4) is 0 Å². The van der Waals surface area contributed by atoms with Gasteiger partial charge in [-0.2, -0.15) is 0 Å². The molecule has 3 rings (SSSR count). The first-order chi connectivity index (χ1) is 8.49. The van der Waals surface area contributed by atoms with E-state index in [9.17, 15) is 0 Å². The van der Waals surface area contributed by atoms with Crippen molar-refractivity contribution in [2.24, 2.45) is 0 Å². The summed E-state index contributed by atoms with van der Waals surface area (Å²) in [5.41, 5.74) is 2.93. The normalized spacial score (nSPS) is 30.5. The lowest BCUT2D eigenvalue weighted by Crippen LogP contribution is -2.45. The number of hydrogen-bond donors (Lipinski definition) is 0. The van der Waals surface area contributed by atoms with Gasteiger partial charge in [0.2, 0.25) is 0 Å². The third kappa shape index (κ3) is 1.39. The van der Waals surface area contributed by atoms with Crippen molar-refractivity contribution in [1.29, 1.82) is 0 Å². The van der Waals surface area contributed by atoms with E-state index in [0.29, 0.717) is 6.17 Å². The minimum absolute atomic E-state index is 0.204. The fraction of sp³-hybridized carbons (Fsp3) is 0.571. The van der Waals surface area contributed by atoms with Crippen molar-refractivity contribution < 1.29 is 4.74 Å². The highest BCUT2D eigenvalue weighted by Crippen LogP contribution is 2.54. The van der Waals surface area contributed by atoms with Crippen LogP contribution < -0.4 is 9.64 Å². The Kier molecular flexibility index (Phi) is 2.65. The second kappa shape index (κ2) is 3.87. The molecule has 2 aliphatic rings. The fourth-order valence-corrected chi connectivity index (χ4v) is 4.47. The molecule has 1 fully saturated rings. The summed E-state index contributed by atoms with van der Waals surface area (Å²) in [6.45, 7) is 3.52. The molecule has 0 N–H and O–H groups in total. The van der Waals surface area contributed by atoms with Crippen LogP contribution in [0.1, 0.15) is 18.9 Å². The molecule has 2 unspecified atom stereocenters. The minimum atomic E-state index is 0.204. The maximum Gasteiger partial charge on any atom is 0.120 e. The molecular formula is C14H19BrN2O. The number of ether oxygens (including phenoxy) is 1. The minimum Gasteiger partial charge on any atom is -0.497 e. The number of nitrogens with zero attached hydrogens (tertiary/aromatic N) is 2. The van der Waals surface area contributed by atoms with E-state index < -0.39 is 0 Å². The standard InChI is InChI=1S/C14H19BrN2O/c1-14-5-6-16(2)13(14)17(3)12-10(14)7-9(18-4)8-11(12)15/h7-8,13H,5-6H2,1-4H3. The lowest BCUT2D eigenvalue weighted by atomic mass is 9.81. The summed E-state index contributed by atoms with van der Waals surface area (Å²) >= 11 is 3.69. The lowest BCUT2D eigenvalue weighted by molar-refractivity contribution is 0.268. The number of fused-ring (bicyclic) bond motifs is 3. The summed E-state index contributed by atoms with van der Waals surface area (Å²) in [5.74, 6) is 0.936. The van der Waals surface area contributed by atoms with E-state index in [1.54, 1.807) is 7.11 Å². The second-order valence-corrected chi connectivity index (χ2v) is 6.49. The van der Waals surface area contributed by atoms with Crippen LogP contribution in [0.15, 0.2) is 16.6 Å². The molecule has 2 heterocycles. The number of likely N-dealkylation sites (N-methyl/N-ethyl adjacent to an activating group) is 2. The van der Waals surface area contributed by atoms with E-state index in [4.69, 9.17) is 4.74 Å². The maximum absolute atomic E-state index is 5.41. The molecule has 0 spiro atoms. The number of halogens is 1. The fourth-order valence-electron chi connectivity index (χ4n) is 3.75. The molecule has 4 heteroatoms. The molecule has 1 aromatic rings. The summed E-state index contributed by atoms with van der Waals surface area (Å²) in [4.78, 5) is 4.84. The first-order valence-electron chi connectivity index (χ1n) is 6.30. The van der Waals surface area contributed by atoms with Crippen molar-refractivity contribution in [2.75, 3.05) is 32.6 Å². The molecule has 0 amide bonds. The van der Waals surface area contributed by atoms with E-state index in [-0.39, 0.29) is 5.41 Å². The number of likely N-dealkylation sites (tertiary alicyclic amines) is 1. The molecule has 0 radical (unpaired) electrons. The molecule has 0 bridgehead atoms. The van der Waals surface area contributed by atoms with Gasteiger partial charge in [-0.05, 0) is 47.1 Å².